The van der Waals surface area contributed by atoms with Crippen molar-refractivity contribution in [3.8, 4) is 22.9 Å². The Hall–Kier alpha value is -3.38. The fourth-order valence-corrected chi connectivity index (χ4v) is 7.68. The molecule has 4 aromatic rings. The van der Waals surface area contributed by atoms with Gasteiger partial charge >= 0.3 is 0 Å². The lowest BCUT2D eigenvalue weighted by molar-refractivity contribution is 0.0449. The first kappa shape index (κ1) is 36.4. The van der Waals surface area contributed by atoms with E-state index >= 15 is 8.78 Å². The first-order valence-corrected chi connectivity index (χ1v) is 20.6. The van der Waals surface area contributed by atoms with E-state index in [1.807, 2.05) is 19.9 Å². The van der Waals surface area contributed by atoms with Crippen molar-refractivity contribution in [2.45, 2.75) is 90.5 Å². The van der Waals surface area contributed by atoms with Crippen molar-refractivity contribution < 1.29 is 32.5 Å². The van der Waals surface area contributed by atoms with Crippen LogP contribution in [0.1, 0.15) is 65.9 Å². The third kappa shape index (κ3) is 7.33. The van der Waals surface area contributed by atoms with Gasteiger partial charge in [0.1, 0.15) is 22.8 Å². The van der Waals surface area contributed by atoms with Crippen molar-refractivity contribution in [2.24, 2.45) is 5.41 Å². The number of benzene rings is 2. The number of aryl methyl sites for hydroxylation is 1. The van der Waals surface area contributed by atoms with E-state index in [0.29, 0.717) is 83.7 Å². The number of fused-ring (bicyclic) bond motifs is 2. The van der Waals surface area contributed by atoms with Crippen molar-refractivity contribution in [3.63, 3.8) is 0 Å². The van der Waals surface area contributed by atoms with Gasteiger partial charge in [-0.2, -0.15) is 0 Å². The summed E-state index contributed by atoms with van der Waals surface area (Å²) in [7, 11) is -0.428. The zero-order valence-corrected chi connectivity index (χ0v) is 31.7. The standard InChI is InChI=1S/C39H51F2N3O5Si/c1-9-27-30(40)12-11-25-17-26(48-24-46-6)18-28(33(25)27)35-34(41)36-29(20-42-35)31(44-16-10-13-38(5,45)21-44)19-32(43-36)47-22-39(14-15-39)23-49-50(7,8)37(2,3)4/h11-12,17-20,45H,9-10,13-16,21-24H2,1-8H3/t38-/m1/s1. The number of aliphatic hydroxyl groups is 1. The summed E-state index contributed by atoms with van der Waals surface area (Å²) >= 11 is 0. The summed E-state index contributed by atoms with van der Waals surface area (Å²) in [4.78, 5) is 11.5. The second-order valence-electron chi connectivity index (χ2n) is 16.0. The minimum absolute atomic E-state index is 0.00590. The van der Waals surface area contributed by atoms with Gasteiger partial charge in [-0.3, -0.25) is 4.98 Å². The summed E-state index contributed by atoms with van der Waals surface area (Å²) in [5.41, 5.74) is 0.697. The lowest BCUT2D eigenvalue weighted by Gasteiger charge is -2.38. The Balaban J connectivity index is 1.45. The van der Waals surface area contributed by atoms with Crippen LogP contribution in [0.4, 0.5) is 14.5 Å². The molecule has 2 fully saturated rings. The molecule has 1 aliphatic carbocycles. The molecular weight excluding hydrogens is 657 g/mol. The van der Waals surface area contributed by atoms with Crippen LogP contribution in [0.5, 0.6) is 11.6 Å². The average molecular weight is 708 g/mol. The molecule has 2 aromatic heterocycles. The van der Waals surface area contributed by atoms with Crippen molar-refractivity contribution in [1.29, 1.82) is 0 Å². The first-order chi connectivity index (χ1) is 23.6. The van der Waals surface area contributed by atoms with E-state index in [1.54, 1.807) is 24.4 Å². The second-order valence-corrected chi connectivity index (χ2v) is 20.8. The maximum atomic E-state index is 17.1. The van der Waals surface area contributed by atoms with Crippen LogP contribution in [0.2, 0.25) is 18.1 Å². The predicted molar refractivity (Wildman–Crippen MR) is 197 cm³/mol. The minimum atomic E-state index is -1.95. The third-order valence-corrected chi connectivity index (χ3v) is 15.4. The number of pyridine rings is 2. The van der Waals surface area contributed by atoms with Crippen LogP contribution >= 0.6 is 0 Å². The fraction of sp³-hybridized carbons (Fsp3) is 0.538. The van der Waals surface area contributed by atoms with E-state index in [0.717, 1.165) is 19.3 Å². The zero-order valence-electron chi connectivity index (χ0n) is 30.7. The highest BCUT2D eigenvalue weighted by Gasteiger charge is 2.47. The van der Waals surface area contributed by atoms with E-state index in [1.165, 1.54) is 13.2 Å². The Kier molecular flexibility index (Phi) is 9.93. The Morgan fingerprint density at radius 2 is 1.80 bits per heavy atom. The quantitative estimate of drug-likeness (QED) is 0.116. The van der Waals surface area contributed by atoms with E-state index in [-0.39, 0.29) is 34.3 Å². The average Bonchev–Trinajstić information content (AvgIpc) is 3.84. The van der Waals surface area contributed by atoms with Gasteiger partial charge in [0.2, 0.25) is 5.88 Å². The molecule has 0 amide bonds. The fourth-order valence-electron chi connectivity index (χ4n) is 6.58. The number of methoxy groups -OCH3 is 1. The molecule has 0 unspecified atom stereocenters. The molecule has 1 aliphatic heterocycles. The molecule has 11 heteroatoms. The highest BCUT2D eigenvalue weighted by molar-refractivity contribution is 6.74. The van der Waals surface area contributed by atoms with Crippen molar-refractivity contribution in [1.82, 2.24) is 9.97 Å². The summed E-state index contributed by atoms with van der Waals surface area (Å²) in [5, 5.41) is 12.9. The topological polar surface area (TPSA) is 86.2 Å². The van der Waals surface area contributed by atoms with E-state index in [4.69, 9.17) is 23.6 Å². The van der Waals surface area contributed by atoms with Crippen molar-refractivity contribution >= 4 is 35.7 Å². The maximum absolute atomic E-state index is 17.1. The van der Waals surface area contributed by atoms with Gasteiger partial charge in [-0.15, -0.1) is 0 Å². The van der Waals surface area contributed by atoms with Crippen molar-refractivity contribution in [3.05, 3.63) is 53.7 Å². The summed E-state index contributed by atoms with van der Waals surface area (Å²) in [6, 6.07) is 8.40. The molecule has 1 N–H and O–H groups in total. The minimum Gasteiger partial charge on any atom is -0.477 e. The molecule has 1 saturated heterocycles. The number of piperidine rings is 1. The number of hydrogen-bond donors (Lipinski definition) is 1. The summed E-state index contributed by atoms with van der Waals surface area (Å²) in [6.07, 6.45) is 5.46. The molecule has 270 valence electrons. The lowest BCUT2D eigenvalue weighted by atomic mass is 9.93. The summed E-state index contributed by atoms with van der Waals surface area (Å²) < 4.78 is 56.2. The number of β-amino-alcohol motifs (C(OH)–C–C–N with tert-alkyl or cyclic N) is 1. The summed E-state index contributed by atoms with van der Waals surface area (Å²) in [6.45, 7) is 17.0. The monoisotopic (exact) mass is 707 g/mol. The lowest BCUT2D eigenvalue weighted by Crippen LogP contribution is -2.46. The van der Waals surface area contributed by atoms with Gasteiger partial charge in [-0.1, -0.05) is 33.8 Å². The molecule has 2 aliphatic rings. The molecule has 0 spiro atoms. The van der Waals surface area contributed by atoms with Gasteiger partial charge in [-0.05, 0) is 91.7 Å². The molecule has 8 nitrogen and oxygen atoms in total. The molecule has 1 saturated carbocycles. The molecule has 0 radical (unpaired) electrons. The zero-order chi connectivity index (χ0) is 36.1. The number of rotatable bonds is 12. The van der Waals surface area contributed by atoms with Gasteiger partial charge in [0.15, 0.2) is 20.9 Å². The second kappa shape index (κ2) is 13.6. The van der Waals surface area contributed by atoms with E-state index < -0.39 is 19.7 Å². The van der Waals surface area contributed by atoms with Gasteiger partial charge in [0.25, 0.3) is 0 Å². The number of ether oxygens (including phenoxy) is 3. The first-order valence-electron chi connectivity index (χ1n) is 17.7. The third-order valence-electron chi connectivity index (χ3n) is 10.9. The number of halogens is 2. The Morgan fingerprint density at radius 3 is 2.46 bits per heavy atom. The number of nitrogens with zero attached hydrogens (tertiary/aromatic N) is 3. The molecule has 6 rings (SSSR count). The number of aromatic nitrogens is 2. The molecular formula is C39H51F2N3O5Si. The molecule has 1 atom stereocenters. The van der Waals surface area contributed by atoms with Crippen LogP contribution in [-0.2, 0) is 15.6 Å². The molecule has 3 heterocycles. The SMILES string of the molecule is CCc1c(F)ccc2cc(OCOC)cc(-c3ncc4c(N5CCC[C@@](C)(O)C5)cc(OCC5(CO[Si](C)(C)C(C)(C)C)CC5)nc4c3F)c12. The van der Waals surface area contributed by atoms with Crippen LogP contribution in [0, 0.1) is 17.0 Å². The molecule has 2 aromatic carbocycles. The molecule has 50 heavy (non-hydrogen) atoms. The van der Waals surface area contributed by atoms with Gasteiger partial charge in [-0.25, -0.2) is 13.8 Å². The van der Waals surface area contributed by atoms with Crippen LogP contribution in [-0.4, -0.2) is 69.2 Å². The molecule has 0 bridgehead atoms. The highest BCUT2D eigenvalue weighted by atomic mass is 28.4. The predicted octanol–water partition coefficient (Wildman–Crippen LogP) is 8.81. The highest BCUT2D eigenvalue weighted by Crippen LogP contribution is 2.49. The van der Waals surface area contributed by atoms with Gasteiger partial charge < -0.3 is 28.6 Å². The van der Waals surface area contributed by atoms with E-state index in [2.05, 4.69) is 43.7 Å². The normalized spacial score (nSPS) is 19.3. The van der Waals surface area contributed by atoms with Crippen LogP contribution in [0.3, 0.4) is 0 Å². The smallest absolute Gasteiger partial charge is 0.216 e. The van der Waals surface area contributed by atoms with Gasteiger partial charge in [0, 0.05) is 55.4 Å². The van der Waals surface area contributed by atoms with E-state index in [9.17, 15) is 5.11 Å². The number of anilines is 1. The Morgan fingerprint density at radius 1 is 1.04 bits per heavy atom. The largest absolute Gasteiger partial charge is 0.477 e. The van der Waals surface area contributed by atoms with Crippen LogP contribution in [0.25, 0.3) is 32.9 Å². The number of hydrogen-bond acceptors (Lipinski definition) is 8. The Bertz CT molecular complexity index is 1890. The Labute approximate surface area is 295 Å². The van der Waals surface area contributed by atoms with Gasteiger partial charge in [0.05, 0.1) is 17.9 Å². The summed E-state index contributed by atoms with van der Waals surface area (Å²) in [5.74, 6) is -0.264. The maximum Gasteiger partial charge on any atom is 0.216 e. The van der Waals surface area contributed by atoms with Crippen LogP contribution in [0.15, 0.2) is 36.5 Å². The van der Waals surface area contributed by atoms with Crippen LogP contribution < -0.4 is 14.4 Å². The van der Waals surface area contributed by atoms with Crippen molar-refractivity contribution in [2.75, 3.05) is 45.1 Å².